The number of hydrogen-bond acceptors (Lipinski definition) is 3. The number of aliphatic carboxylic acids is 1. The Balaban J connectivity index is 1.42. The van der Waals surface area contributed by atoms with Crippen LogP contribution in [0.25, 0.3) is 0 Å². The van der Waals surface area contributed by atoms with Gasteiger partial charge in [-0.2, -0.15) is 0 Å². The fraction of sp³-hybridized carbons (Fsp3) is 0.793. The Morgan fingerprint density at radius 1 is 1.24 bits per heavy atom. The van der Waals surface area contributed by atoms with Crippen molar-refractivity contribution < 1.29 is 19.4 Å². The number of cyclic esters (lactones) is 1. The van der Waals surface area contributed by atoms with Gasteiger partial charge in [-0.1, -0.05) is 32.9 Å². The van der Waals surface area contributed by atoms with Crippen LogP contribution < -0.4 is 0 Å². The zero-order chi connectivity index (χ0) is 23.8. The summed E-state index contributed by atoms with van der Waals surface area (Å²) in [5, 5.41) is 9.46. The smallest absolute Gasteiger partial charge is 0.333 e. The molecule has 0 saturated heterocycles. The van der Waals surface area contributed by atoms with Gasteiger partial charge < -0.3 is 9.84 Å². The minimum absolute atomic E-state index is 0.00616. The zero-order valence-corrected chi connectivity index (χ0v) is 21.0. The third-order valence-electron chi connectivity index (χ3n) is 12.1. The SMILES string of the molecule is C=C[C@@H]1CC[C@@H]2[C@]3(CC[C@]4(C)[C@@H]([C@H](C)[C@H]5CC=C(C)C(=O)O5)CC[C@@]24C)C[C@]13CCC(=O)O. The van der Waals surface area contributed by atoms with Crippen LogP contribution >= 0.6 is 0 Å². The van der Waals surface area contributed by atoms with E-state index in [0.29, 0.717) is 29.1 Å². The van der Waals surface area contributed by atoms with Crippen LogP contribution in [0.4, 0.5) is 0 Å². The Bertz CT molecular complexity index is 905. The Hall–Kier alpha value is -1.58. The average molecular weight is 455 g/mol. The van der Waals surface area contributed by atoms with E-state index in [-0.39, 0.29) is 34.7 Å². The molecule has 1 N–H and O–H groups in total. The van der Waals surface area contributed by atoms with Gasteiger partial charge in [-0.05, 0) is 104 Å². The van der Waals surface area contributed by atoms with E-state index in [1.54, 1.807) is 0 Å². The van der Waals surface area contributed by atoms with Crippen molar-refractivity contribution in [3.63, 3.8) is 0 Å². The highest BCUT2D eigenvalue weighted by Gasteiger charge is 2.79. The van der Waals surface area contributed by atoms with Gasteiger partial charge in [-0.25, -0.2) is 4.79 Å². The summed E-state index contributed by atoms with van der Waals surface area (Å²) in [6.45, 7) is 13.5. The lowest BCUT2D eigenvalue weighted by Gasteiger charge is -2.61. The average Bonchev–Trinajstić information content (AvgIpc) is 3.37. The Morgan fingerprint density at radius 2 is 2.00 bits per heavy atom. The molecule has 4 nitrogen and oxygen atoms in total. The molecule has 4 aliphatic carbocycles. The number of allylic oxidation sites excluding steroid dienone is 1. The summed E-state index contributed by atoms with van der Waals surface area (Å²) in [4.78, 5) is 23.7. The van der Waals surface area contributed by atoms with E-state index in [4.69, 9.17) is 4.74 Å². The maximum absolute atomic E-state index is 12.2. The molecule has 33 heavy (non-hydrogen) atoms. The summed E-state index contributed by atoms with van der Waals surface area (Å²) in [6, 6.07) is 0. The van der Waals surface area contributed by atoms with Gasteiger partial charge in [-0.15, -0.1) is 6.58 Å². The maximum Gasteiger partial charge on any atom is 0.333 e. The minimum atomic E-state index is -0.663. The molecule has 1 aliphatic heterocycles. The van der Waals surface area contributed by atoms with E-state index < -0.39 is 5.97 Å². The predicted octanol–water partition coefficient (Wildman–Crippen LogP) is 6.55. The van der Waals surface area contributed by atoms with E-state index in [9.17, 15) is 14.7 Å². The number of esters is 1. The molecule has 182 valence electrons. The summed E-state index contributed by atoms with van der Waals surface area (Å²) in [6.07, 6.45) is 14.6. The third kappa shape index (κ3) is 2.94. The molecule has 4 fully saturated rings. The lowest BCUT2D eigenvalue weighted by molar-refractivity contribution is -0.155. The summed E-state index contributed by atoms with van der Waals surface area (Å²) in [7, 11) is 0. The van der Waals surface area contributed by atoms with E-state index in [1.807, 2.05) is 6.92 Å². The van der Waals surface area contributed by atoms with Gasteiger partial charge in [-0.3, -0.25) is 4.79 Å². The molecular formula is C29H42O4. The molecule has 0 aromatic rings. The normalized spacial score (nSPS) is 49.1. The molecule has 0 bridgehead atoms. The Morgan fingerprint density at radius 3 is 2.67 bits per heavy atom. The molecule has 0 radical (unpaired) electrons. The van der Waals surface area contributed by atoms with Crippen LogP contribution in [0.1, 0.15) is 91.9 Å². The molecular weight excluding hydrogens is 412 g/mol. The second-order valence-electron chi connectivity index (χ2n) is 12.8. The number of hydrogen-bond donors (Lipinski definition) is 1. The molecule has 5 aliphatic rings. The van der Waals surface area contributed by atoms with Crippen LogP contribution in [-0.4, -0.2) is 23.1 Å². The van der Waals surface area contributed by atoms with Crippen LogP contribution in [-0.2, 0) is 14.3 Å². The van der Waals surface area contributed by atoms with Gasteiger partial charge in [0.2, 0.25) is 0 Å². The number of carboxylic acids is 1. The molecule has 0 amide bonds. The van der Waals surface area contributed by atoms with Crippen molar-refractivity contribution in [2.75, 3.05) is 0 Å². The topological polar surface area (TPSA) is 63.6 Å². The molecule has 1 spiro atoms. The first-order chi connectivity index (χ1) is 15.5. The summed E-state index contributed by atoms with van der Waals surface area (Å²) in [5.41, 5.74) is 1.72. The van der Waals surface area contributed by atoms with Crippen LogP contribution in [0, 0.1) is 45.3 Å². The van der Waals surface area contributed by atoms with Crippen LogP contribution in [0.15, 0.2) is 24.3 Å². The number of carbonyl (C=O) groups excluding carboxylic acids is 1. The van der Waals surface area contributed by atoms with Crippen LogP contribution in [0.3, 0.4) is 0 Å². The largest absolute Gasteiger partial charge is 0.481 e. The molecule has 5 rings (SSSR count). The first-order valence-corrected chi connectivity index (χ1v) is 13.3. The first kappa shape index (κ1) is 23.2. The van der Waals surface area contributed by atoms with Crippen molar-refractivity contribution in [1.82, 2.24) is 0 Å². The van der Waals surface area contributed by atoms with Crippen molar-refractivity contribution >= 4 is 11.9 Å². The highest BCUT2D eigenvalue weighted by Crippen LogP contribution is 2.87. The fourth-order valence-electron chi connectivity index (χ4n) is 10.1. The molecule has 0 aromatic heterocycles. The van der Waals surface area contributed by atoms with Gasteiger partial charge in [0.1, 0.15) is 6.10 Å². The quantitative estimate of drug-likeness (QED) is 0.365. The third-order valence-corrected chi connectivity index (χ3v) is 12.1. The van der Waals surface area contributed by atoms with Crippen molar-refractivity contribution in [3.05, 3.63) is 24.3 Å². The van der Waals surface area contributed by atoms with E-state index in [1.165, 1.54) is 38.5 Å². The standard InChI is InChI=1S/C29H42O4/c1-6-20-8-10-23-27(5)13-11-21(19(3)22-9-7-18(2)25(32)33-22)26(27,4)15-16-29(23)17-28(20,29)14-12-24(30)31/h6-7,19-23H,1,8-17H2,2-5H3,(H,30,31)/t19-,20+,21+,22+,23-,26+,27-,28+,29-/m0/s1. The molecule has 9 atom stereocenters. The Labute approximate surface area is 199 Å². The van der Waals surface area contributed by atoms with Crippen molar-refractivity contribution in [3.8, 4) is 0 Å². The van der Waals surface area contributed by atoms with Crippen LogP contribution in [0.2, 0.25) is 0 Å². The van der Waals surface area contributed by atoms with Crippen LogP contribution in [0.5, 0.6) is 0 Å². The van der Waals surface area contributed by atoms with E-state index in [2.05, 4.69) is 39.5 Å². The first-order valence-electron chi connectivity index (χ1n) is 13.3. The number of rotatable bonds is 6. The number of fused-ring (bicyclic) bond motifs is 2. The highest BCUT2D eigenvalue weighted by molar-refractivity contribution is 5.88. The Kier molecular flexibility index (Phi) is 5.24. The molecule has 0 unspecified atom stereocenters. The van der Waals surface area contributed by atoms with Crippen molar-refractivity contribution in [1.29, 1.82) is 0 Å². The maximum atomic E-state index is 12.2. The van der Waals surface area contributed by atoms with Gasteiger partial charge in [0, 0.05) is 18.4 Å². The minimum Gasteiger partial charge on any atom is -0.481 e. The number of carbonyl (C=O) groups is 2. The van der Waals surface area contributed by atoms with Gasteiger partial charge >= 0.3 is 11.9 Å². The number of ether oxygens (including phenoxy) is 1. The van der Waals surface area contributed by atoms with Crippen molar-refractivity contribution in [2.24, 2.45) is 45.3 Å². The van der Waals surface area contributed by atoms with Gasteiger partial charge in [0.05, 0.1) is 0 Å². The molecule has 1 heterocycles. The predicted molar refractivity (Wildman–Crippen MR) is 128 cm³/mol. The molecule has 4 saturated carbocycles. The summed E-state index contributed by atoms with van der Waals surface area (Å²) in [5.74, 6) is 1.25. The summed E-state index contributed by atoms with van der Waals surface area (Å²) >= 11 is 0. The monoisotopic (exact) mass is 454 g/mol. The second-order valence-corrected chi connectivity index (χ2v) is 12.8. The van der Waals surface area contributed by atoms with Gasteiger partial charge in [0.25, 0.3) is 0 Å². The summed E-state index contributed by atoms with van der Waals surface area (Å²) < 4.78 is 5.89. The zero-order valence-electron chi connectivity index (χ0n) is 21.0. The lowest BCUT2D eigenvalue weighted by Crippen LogP contribution is -2.54. The van der Waals surface area contributed by atoms with E-state index >= 15 is 0 Å². The highest BCUT2D eigenvalue weighted by atomic mass is 16.5. The second kappa shape index (κ2) is 7.46. The molecule has 4 heteroatoms. The fourth-order valence-corrected chi connectivity index (χ4v) is 10.1. The lowest BCUT2D eigenvalue weighted by atomic mass is 9.44. The van der Waals surface area contributed by atoms with E-state index in [0.717, 1.165) is 24.8 Å². The molecule has 0 aromatic carbocycles. The number of carboxylic acid groups (broad SMARTS) is 1. The van der Waals surface area contributed by atoms with Gasteiger partial charge in [0.15, 0.2) is 0 Å². The van der Waals surface area contributed by atoms with Crippen molar-refractivity contribution in [2.45, 2.75) is 98.0 Å².